The number of thioether (sulfide) groups is 1. The number of thiophene rings is 1. The Morgan fingerprint density at radius 2 is 1.68 bits per heavy atom. The molecule has 0 aliphatic heterocycles. The van der Waals surface area contributed by atoms with Crippen LogP contribution >= 0.6 is 35.5 Å². The zero-order valence-electron chi connectivity index (χ0n) is 9.55. The monoisotopic (exact) mass is 325 g/mol. The zero-order valence-corrected chi connectivity index (χ0v) is 12.0. The molecule has 19 heavy (non-hydrogen) atoms. The maximum Gasteiger partial charge on any atom is 0.446 e. The summed E-state index contributed by atoms with van der Waals surface area (Å²) in [6, 6.07) is 7.78. The van der Waals surface area contributed by atoms with Gasteiger partial charge < -0.3 is 5.73 Å². The number of alkyl halides is 3. The maximum absolute atomic E-state index is 12.2. The maximum atomic E-state index is 12.2. The van der Waals surface area contributed by atoms with Crippen LogP contribution in [-0.2, 0) is 0 Å². The molecule has 0 amide bonds. The second-order valence-electron chi connectivity index (χ2n) is 3.65. The van der Waals surface area contributed by atoms with Crippen molar-refractivity contribution in [1.29, 1.82) is 0 Å². The number of nitrogens with two attached hydrogens (primary N) is 1. The topological polar surface area (TPSA) is 26.0 Å². The minimum absolute atomic E-state index is 0. The highest BCUT2D eigenvalue weighted by Gasteiger charge is 2.29. The van der Waals surface area contributed by atoms with E-state index in [4.69, 9.17) is 5.73 Å². The van der Waals surface area contributed by atoms with Crippen LogP contribution in [0.4, 0.5) is 13.2 Å². The predicted octanol–water partition coefficient (Wildman–Crippen LogP) is 4.83. The van der Waals surface area contributed by atoms with Gasteiger partial charge in [0.05, 0.1) is 6.04 Å². The van der Waals surface area contributed by atoms with E-state index >= 15 is 0 Å². The third kappa shape index (κ3) is 4.72. The summed E-state index contributed by atoms with van der Waals surface area (Å²) in [7, 11) is 0. The van der Waals surface area contributed by atoms with Crippen LogP contribution in [0.3, 0.4) is 0 Å². The van der Waals surface area contributed by atoms with Crippen molar-refractivity contribution in [3.63, 3.8) is 0 Å². The standard InChI is InChI=1S/C12H10F3NS2.ClH/c13-12(14,15)18-10-3-1-8(2-4-10)11(16)9-5-6-17-7-9;/h1-7,11H,16H2;1H/t11-;/m1./s1. The van der Waals surface area contributed by atoms with Crippen LogP contribution in [0.2, 0.25) is 0 Å². The Morgan fingerprint density at radius 3 is 2.16 bits per heavy atom. The average Bonchev–Trinajstić information content (AvgIpc) is 2.80. The van der Waals surface area contributed by atoms with Crippen molar-refractivity contribution in [1.82, 2.24) is 0 Å². The molecule has 0 bridgehead atoms. The molecule has 2 rings (SSSR count). The lowest BCUT2D eigenvalue weighted by molar-refractivity contribution is -0.0328. The molecule has 0 saturated carbocycles. The Labute approximate surface area is 123 Å². The molecule has 0 fully saturated rings. The molecule has 0 saturated heterocycles. The van der Waals surface area contributed by atoms with Gasteiger partial charge in [0.25, 0.3) is 0 Å². The summed E-state index contributed by atoms with van der Waals surface area (Å²) in [5.41, 5.74) is 3.54. The number of halogens is 4. The zero-order chi connectivity index (χ0) is 13.2. The molecule has 7 heteroatoms. The van der Waals surface area contributed by atoms with Crippen LogP contribution in [0, 0.1) is 0 Å². The van der Waals surface area contributed by atoms with Crippen molar-refractivity contribution in [2.75, 3.05) is 0 Å². The van der Waals surface area contributed by atoms with Gasteiger partial charge in [0, 0.05) is 4.90 Å². The fourth-order valence-electron chi connectivity index (χ4n) is 1.52. The van der Waals surface area contributed by atoms with Gasteiger partial charge in [-0.3, -0.25) is 0 Å². The number of hydrogen-bond donors (Lipinski definition) is 1. The van der Waals surface area contributed by atoms with Crippen LogP contribution in [0.25, 0.3) is 0 Å². The van der Waals surface area contributed by atoms with Gasteiger partial charge in [-0.25, -0.2) is 0 Å². The van der Waals surface area contributed by atoms with E-state index in [2.05, 4.69) is 0 Å². The van der Waals surface area contributed by atoms with Crippen molar-refractivity contribution in [2.24, 2.45) is 5.73 Å². The molecule has 1 nitrogen and oxygen atoms in total. The van der Waals surface area contributed by atoms with E-state index < -0.39 is 5.51 Å². The second kappa shape index (κ2) is 6.65. The highest BCUT2D eigenvalue weighted by Crippen LogP contribution is 2.37. The van der Waals surface area contributed by atoms with Gasteiger partial charge in [0.15, 0.2) is 0 Å². The fraction of sp³-hybridized carbons (Fsp3) is 0.167. The van der Waals surface area contributed by atoms with Crippen LogP contribution < -0.4 is 5.73 Å². The smallest absolute Gasteiger partial charge is 0.320 e. The molecule has 2 aromatic rings. The number of benzene rings is 1. The quantitative estimate of drug-likeness (QED) is 0.818. The molecule has 0 aliphatic carbocycles. The van der Waals surface area contributed by atoms with Gasteiger partial charge in [0.2, 0.25) is 0 Å². The van der Waals surface area contributed by atoms with E-state index in [1.807, 2.05) is 16.8 Å². The predicted molar refractivity (Wildman–Crippen MR) is 76.0 cm³/mol. The molecule has 2 N–H and O–H groups in total. The average molecular weight is 326 g/mol. The lowest BCUT2D eigenvalue weighted by Crippen LogP contribution is -2.10. The summed E-state index contributed by atoms with van der Waals surface area (Å²) >= 11 is 1.42. The van der Waals surface area contributed by atoms with E-state index in [1.165, 1.54) is 12.1 Å². The first-order valence-corrected chi connectivity index (χ1v) is 6.85. The highest BCUT2D eigenvalue weighted by atomic mass is 35.5. The molecule has 1 aromatic carbocycles. The number of rotatable bonds is 3. The van der Waals surface area contributed by atoms with Crippen molar-refractivity contribution in [2.45, 2.75) is 16.4 Å². The second-order valence-corrected chi connectivity index (χ2v) is 5.57. The van der Waals surface area contributed by atoms with Crippen LogP contribution in [-0.4, -0.2) is 5.51 Å². The van der Waals surface area contributed by atoms with Crippen molar-refractivity contribution >= 4 is 35.5 Å². The Hall–Kier alpha value is -0.690. The number of hydrogen-bond acceptors (Lipinski definition) is 3. The van der Waals surface area contributed by atoms with E-state index in [0.29, 0.717) is 0 Å². The van der Waals surface area contributed by atoms with Crippen LogP contribution in [0.5, 0.6) is 0 Å². The lowest BCUT2D eigenvalue weighted by atomic mass is 10.0. The van der Waals surface area contributed by atoms with Gasteiger partial charge in [-0.15, -0.1) is 12.4 Å². The van der Waals surface area contributed by atoms with Crippen molar-refractivity contribution in [3.8, 4) is 0 Å². The minimum Gasteiger partial charge on any atom is -0.320 e. The van der Waals surface area contributed by atoms with E-state index in [-0.39, 0.29) is 35.1 Å². The first-order valence-electron chi connectivity index (χ1n) is 5.09. The summed E-state index contributed by atoms with van der Waals surface area (Å²) in [6.07, 6.45) is 0. The molecule has 1 aromatic heterocycles. The Balaban J connectivity index is 0.00000180. The van der Waals surface area contributed by atoms with Crippen molar-refractivity contribution < 1.29 is 13.2 Å². The summed E-state index contributed by atoms with van der Waals surface area (Å²) < 4.78 is 36.5. The molecule has 0 aliphatic rings. The molecule has 0 radical (unpaired) electrons. The Bertz CT molecular complexity index is 497. The molecular formula is C12H11ClF3NS2. The third-order valence-electron chi connectivity index (χ3n) is 2.38. The fourth-order valence-corrected chi connectivity index (χ4v) is 2.76. The summed E-state index contributed by atoms with van der Waals surface area (Å²) in [5.74, 6) is 0. The van der Waals surface area contributed by atoms with E-state index in [1.54, 1.807) is 23.5 Å². The largest absolute Gasteiger partial charge is 0.446 e. The van der Waals surface area contributed by atoms with E-state index in [0.717, 1.165) is 11.1 Å². The molecule has 1 heterocycles. The first-order chi connectivity index (χ1) is 8.46. The summed E-state index contributed by atoms with van der Waals surface area (Å²) in [6.45, 7) is 0. The molecular weight excluding hydrogens is 315 g/mol. The van der Waals surface area contributed by atoms with Gasteiger partial charge in [-0.2, -0.15) is 24.5 Å². The Morgan fingerprint density at radius 1 is 1.05 bits per heavy atom. The summed E-state index contributed by atoms with van der Waals surface area (Å²) in [5, 5.41) is 3.85. The third-order valence-corrected chi connectivity index (χ3v) is 3.82. The van der Waals surface area contributed by atoms with E-state index in [9.17, 15) is 13.2 Å². The van der Waals surface area contributed by atoms with Crippen LogP contribution in [0.15, 0.2) is 46.0 Å². The summed E-state index contributed by atoms with van der Waals surface area (Å²) in [4.78, 5) is 0.170. The molecule has 1 atom stereocenters. The molecule has 0 spiro atoms. The van der Waals surface area contributed by atoms with Crippen molar-refractivity contribution in [3.05, 3.63) is 52.2 Å². The Kier molecular flexibility index (Phi) is 5.73. The normalized spacial score (nSPS) is 12.8. The lowest BCUT2D eigenvalue weighted by Gasteiger charge is -2.11. The van der Waals surface area contributed by atoms with Gasteiger partial charge in [-0.05, 0) is 51.8 Å². The van der Waals surface area contributed by atoms with Gasteiger partial charge in [0.1, 0.15) is 0 Å². The van der Waals surface area contributed by atoms with Gasteiger partial charge >= 0.3 is 5.51 Å². The SMILES string of the molecule is Cl.N[C@H](c1ccc(SC(F)(F)F)cc1)c1ccsc1. The van der Waals surface area contributed by atoms with Gasteiger partial charge in [-0.1, -0.05) is 12.1 Å². The highest BCUT2D eigenvalue weighted by molar-refractivity contribution is 8.00. The molecule has 104 valence electrons. The minimum atomic E-state index is -4.25. The van der Waals surface area contributed by atoms with Crippen LogP contribution in [0.1, 0.15) is 17.2 Å². The molecule has 0 unspecified atom stereocenters. The first kappa shape index (κ1) is 16.4.